The van der Waals surface area contributed by atoms with Gasteiger partial charge in [0.15, 0.2) is 0 Å². The Morgan fingerprint density at radius 2 is 1.89 bits per heavy atom. The Balaban J connectivity index is 1.24. The van der Waals surface area contributed by atoms with Crippen LogP contribution in [0, 0.1) is 11.7 Å². The average Bonchev–Trinajstić information content (AvgIpc) is 2.86. The first-order chi connectivity index (χ1) is 16.9. The van der Waals surface area contributed by atoms with Crippen molar-refractivity contribution in [3.05, 3.63) is 42.0 Å². The molecule has 4 heterocycles. The van der Waals surface area contributed by atoms with Gasteiger partial charge in [0.2, 0.25) is 5.91 Å². The van der Waals surface area contributed by atoms with E-state index >= 15 is 4.39 Å². The molecule has 3 aliphatic heterocycles. The smallest absolute Gasteiger partial charge is 0.240 e. The number of carbonyl (C=O) groups excluding carboxylic acids is 1. The molecule has 3 saturated heterocycles. The maximum absolute atomic E-state index is 15.1. The number of likely N-dealkylation sites (tertiary alicyclic amines) is 1. The van der Waals surface area contributed by atoms with Crippen molar-refractivity contribution >= 4 is 23.2 Å². The monoisotopic (exact) mass is 481 g/mol. The number of aromatic nitrogens is 2. The molecule has 1 aromatic heterocycles. The van der Waals surface area contributed by atoms with E-state index in [1.807, 2.05) is 30.1 Å². The summed E-state index contributed by atoms with van der Waals surface area (Å²) in [5.74, 6) is 2.25. The molecule has 1 aromatic carbocycles. The number of piperazine rings is 1. The van der Waals surface area contributed by atoms with Crippen LogP contribution in [0.4, 0.5) is 21.7 Å². The molecule has 0 atom stereocenters. The summed E-state index contributed by atoms with van der Waals surface area (Å²) < 4.78 is 15.1. The Bertz CT molecular complexity index is 1050. The molecule has 188 valence electrons. The summed E-state index contributed by atoms with van der Waals surface area (Å²) in [6, 6.07) is 7.44. The van der Waals surface area contributed by atoms with Crippen LogP contribution in [-0.4, -0.2) is 72.6 Å². The molecule has 0 aliphatic carbocycles. The average molecular weight is 482 g/mol. The van der Waals surface area contributed by atoms with E-state index in [4.69, 9.17) is 0 Å². The summed E-state index contributed by atoms with van der Waals surface area (Å²) in [6.07, 6.45) is 5.54. The summed E-state index contributed by atoms with van der Waals surface area (Å²) in [7, 11) is 1.84. The second-order valence-corrected chi connectivity index (χ2v) is 10.4. The fourth-order valence-corrected chi connectivity index (χ4v) is 5.58. The van der Waals surface area contributed by atoms with Gasteiger partial charge in [-0.1, -0.05) is 13.0 Å². The van der Waals surface area contributed by atoms with Crippen LogP contribution in [0.15, 0.2) is 30.6 Å². The van der Waals surface area contributed by atoms with Crippen molar-refractivity contribution in [3.63, 3.8) is 0 Å². The second-order valence-electron chi connectivity index (χ2n) is 10.4. The third kappa shape index (κ3) is 5.34. The highest BCUT2D eigenvalue weighted by molar-refractivity contribution is 5.84. The number of nitrogens with zero attached hydrogens (tertiary/aromatic N) is 5. The molecule has 0 radical (unpaired) electrons. The van der Waals surface area contributed by atoms with Gasteiger partial charge in [0.1, 0.15) is 23.8 Å². The summed E-state index contributed by atoms with van der Waals surface area (Å²) in [4.78, 5) is 27.9. The number of benzene rings is 1. The second kappa shape index (κ2) is 9.97. The van der Waals surface area contributed by atoms with Gasteiger partial charge in [-0.15, -0.1) is 0 Å². The number of carbonyl (C=O) groups is 1. The van der Waals surface area contributed by atoms with Gasteiger partial charge in [0.05, 0.1) is 12.1 Å². The first kappa shape index (κ1) is 23.8. The first-order valence-corrected chi connectivity index (χ1v) is 12.7. The van der Waals surface area contributed by atoms with Crippen LogP contribution in [0.5, 0.6) is 0 Å². The van der Waals surface area contributed by atoms with Crippen LogP contribution in [0.1, 0.15) is 38.2 Å². The molecule has 2 N–H and O–H groups in total. The van der Waals surface area contributed by atoms with Crippen LogP contribution >= 0.6 is 0 Å². The normalized spacial score (nSPS) is 21.3. The molecule has 0 bridgehead atoms. The summed E-state index contributed by atoms with van der Waals surface area (Å²) in [5.41, 5.74) is 1.20. The Morgan fingerprint density at radius 1 is 1.11 bits per heavy atom. The molecule has 0 saturated carbocycles. The molecule has 2 aromatic rings. The lowest BCUT2D eigenvalue weighted by atomic mass is 9.85. The summed E-state index contributed by atoms with van der Waals surface area (Å²) in [6.45, 7) is 7.50. The van der Waals surface area contributed by atoms with Crippen molar-refractivity contribution in [2.24, 2.45) is 5.92 Å². The van der Waals surface area contributed by atoms with Gasteiger partial charge in [-0.2, -0.15) is 0 Å². The zero-order valence-corrected chi connectivity index (χ0v) is 20.8. The van der Waals surface area contributed by atoms with Crippen molar-refractivity contribution in [1.82, 2.24) is 20.2 Å². The maximum Gasteiger partial charge on any atom is 0.240 e. The van der Waals surface area contributed by atoms with E-state index in [0.29, 0.717) is 13.1 Å². The lowest BCUT2D eigenvalue weighted by Gasteiger charge is -2.48. The lowest BCUT2D eigenvalue weighted by molar-refractivity contribution is -0.123. The van der Waals surface area contributed by atoms with Crippen molar-refractivity contribution in [3.8, 4) is 0 Å². The van der Waals surface area contributed by atoms with Crippen molar-refractivity contribution in [2.45, 2.75) is 44.7 Å². The lowest BCUT2D eigenvalue weighted by Crippen LogP contribution is -2.66. The van der Waals surface area contributed by atoms with Crippen LogP contribution in [-0.2, 0) is 11.3 Å². The number of hydrogen-bond donors (Lipinski definition) is 2. The Kier molecular flexibility index (Phi) is 6.77. The Labute approximate surface area is 206 Å². The van der Waals surface area contributed by atoms with Crippen molar-refractivity contribution in [2.75, 3.05) is 61.4 Å². The molecule has 1 spiro atoms. The molecule has 0 unspecified atom stereocenters. The van der Waals surface area contributed by atoms with Gasteiger partial charge in [0, 0.05) is 50.5 Å². The van der Waals surface area contributed by atoms with Crippen LogP contribution in [0.3, 0.4) is 0 Å². The Morgan fingerprint density at radius 3 is 2.60 bits per heavy atom. The standard InChI is InChI=1S/C26H36FN7O/c1-19-5-9-32(10-6-19)15-20-3-4-21(13-22(20)27)34-16-25(35)31-26(17-34)7-11-33(12-8-26)24-14-23(28-2)29-18-30-24/h3-4,13-14,18-19H,5-12,15-17H2,1-2H3,(H,31,35)(H,28,29,30). The molecule has 9 heteroatoms. The highest BCUT2D eigenvalue weighted by atomic mass is 19.1. The van der Waals surface area contributed by atoms with E-state index in [2.05, 4.69) is 37.3 Å². The molecule has 3 aliphatic rings. The zero-order valence-electron chi connectivity index (χ0n) is 20.8. The predicted molar refractivity (Wildman–Crippen MR) is 136 cm³/mol. The number of rotatable bonds is 5. The van der Waals surface area contributed by atoms with Crippen LogP contribution in [0.25, 0.3) is 0 Å². The fraction of sp³-hybridized carbons (Fsp3) is 0.577. The third-order valence-electron chi connectivity index (χ3n) is 7.86. The van der Waals surface area contributed by atoms with Crippen molar-refractivity contribution < 1.29 is 9.18 Å². The van der Waals surface area contributed by atoms with E-state index < -0.39 is 0 Å². The predicted octanol–water partition coefficient (Wildman–Crippen LogP) is 2.86. The first-order valence-electron chi connectivity index (χ1n) is 12.7. The summed E-state index contributed by atoms with van der Waals surface area (Å²) >= 11 is 0. The zero-order chi connectivity index (χ0) is 24.4. The van der Waals surface area contributed by atoms with Gasteiger partial charge in [0.25, 0.3) is 0 Å². The minimum Gasteiger partial charge on any atom is -0.373 e. The SMILES string of the molecule is CNc1cc(N2CCC3(CC2)CN(c2ccc(CN4CCC(C)CC4)c(F)c2)CC(=O)N3)ncn1. The topological polar surface area (TPSA) is 76.6 Å². The van der Waals surface area contributed by atoms with E-state index in [1.165, 1.54) is 12.8 Å². The van der Waals surface area contributed by atoms with Gasteiger partial charge >= 0.3 is 0 Å². The quantitative estimate of drug-likeness (QED) is 0.680. The molecular weight excluding hydrogens is 445 g/mol. The number of anilines is 3. The largest absolute Gasteiger partial charge is 0.373 e. The van der Waals surface area contributed by atoms with Gasteiger partial charge in [-0.25, -0.2) is 14.4 Å². The maximum atomic E-state index is 15.1. The number of amides is 1. The molecular formula is C26H36FN7O. The molecule has 1 amide bonds. The molecule has 3 fully saturated rings. The number of piperidine rings is 2. The van der Waals surface area contributed by atoms with Gasteiger partial charge in [-0.3, -0.25) is 9.69 Å². The number of nitrogens with one attached hydrogen (secondary N) is 2. The third-order valence-corrected chi connectivity index (χ3v) is 7.86. The van der Waals surface area contributed by atoms with Crippen LogP contribution < -0.4 is 20.4 Å². The van der Waals surface area contributed by atoms with Crippen molar-refractivity contribution in [1.29, 1.82) is 0 Å². The van der Waals surface area contributed by atoms with E-state index in [-0.39, 0.29) is 23.8 Å². The summed E-state index contributed by atoms with van der Waals surface area (Å²) in [5, 5.41) is 6.31. The van der Waals surface area contributed by atoms with E-state index in [1.54, 1.807) is 12.4 Å². The number of halogens is 1. The molecule has 8 nitrogen and oxygen atoms in total. The van der Waals surface area contributed by atoms with Crippen LogP contribution in [0.2, 0.25) is 0 Å². The minimum absolute atomic E-state index is 0.00359. The van der Waals surface area contributed by atoms with Gasteiger partial charge in [-0.05, 0) is 56.8 Å². The highest BCUT2D eigenvalue weighted by Gasteiger charge is 2.41. The highest BCUT2D eigenvalue weighted by Crippen LogP contribution is 2.31. The van der Waals surface area contributed by atoms with E-state index in [0.717, 1.165) is 67.8 Å². The van der Waals surface area contributed by atoms with E-state index in [9.17, 15) is 4.79 Å². The fourth-order valence-electron chi connectivity index (χ4n) is 5.58. The molecule has 35 heavy (non-hydrogen) atoms. The number of hydrogen-bond acceptors (Lipinski definition) is 7. The van der Waals surface area contributed by atoms with Gasteiger partial charge < -0.3 is 20.4 Å². The minimum atomic E-state index is -0.315. The Hall–Kier alpha value is -2.94. The molecule has 5 rings (SSSR count).